The van der Waals surface area contributed by atoms with E-state index in [2.05, 4.69) is 116 Å². The van der Waals surface area contributed by atoms with Crippen LogP contribution in [0.5, 0.6) is 0 Å². The molecule has 0 saturated heterocycles. The number of hydrogen-bond donors (Lipinski definition) is 1. The minimum absolute atomic E-state index is 0.581. The summed E-state index contributed by atoms with van der Waals surface area (Å²) in [7, 11) is 0. The normalized spacial score (nSPS) is 10.1. The van der Waals surface area contributed by atoms with E-state index in [1.165, 1.54) is 26.1 Å². The molecule has 0 aliphatic rings. The highest BCUT2D eigenvalue weighted by molar-refractivity contribution is 7.17. The Balaban J connectivity index is 0.000000289. The van der Waals surface area contributed by atoms with Gasteiger partial charge in [-0.1, -0.05) is 101 Å². The van der Waals surface area contributed by atoms with Gasteiger partial charge in [-0.25, -0.2) is 15.0 Å². The lowest BCUT2D eigenvalue weighted by Gasteiger charge is -2.03. The van der Waals surface area contributed by atoms with E-state index in [4.69, 9.17) is 0 Å². The number of nitrogens with one attached hydrogen (secondary N) is 1. The van der Waals surface area contributed by atoms with Crippen LogP contribution in [0.25, 0.3) is 31.5 Å². The molecule has 0 aliphatic carbocycles. The van der Waals surface area contributed by atoms with Gasteiger partial charge in [-0.15, -0.1) is 22.7 Å². The van der Waals surface area contributed by atoms with E-state index >= 15 is 0 Å². The Morgan fingerprint density at radius 1 is 0.500 bits per heavy atom. The Hall–Kier alpha value is -3.09. The smallest absolute Gasteiger partial charge is 0.0931 e. The van der Waals surface area contributed by atoms with Gasteiger partial charge in [0.2, 0.25) is 0 Å². The van der Waals surface area contributed by atoms with Gasteiger partial charge in [0.1, 0.15) is 0 Å². The SMILES string of the molecule is CC.CC.CC.CC(C)c1ccc2nc[nH]c2c1.CC(C)c1ccc2ncsc2c1.CC(C)c1ccc2scnc2c1. The highest BCUT2D eigenvalue weighted by atomic mass is 32.1. The van der Waals surface area contributed by atoms with Gasteiger partial charge in [0.05, 0.1) is 48.8 Å². The number of aromatic nitrogens is 4. The zero-order valence-electron chi connectivity index (χ0n) is 27.8. The maximum Gasteiger partial charge on any atom is 0.0931 e. The van der Waals surface area contributed by atoms with Gasteiger partial charge in [-0.3, -0.25) is 0 Å². The molecule has 0 amide bonds. The molecule has 0 radical (unpaired) electrons. The van der Waals surface area contributed by atoms with Crippen LogP contribution >= 0.6 is 22.7 Å². The van der Waals surface area contributed by atoms with E-state index in [9.17, 15) is 0 Å². The molecule has 0 atom stereocenters. The van der Waals surface area contributed by atoms with Gasteiger partial charge in [0.25, 0.3) is 0 Å². The first kappa shape index (κ1) is 36.9. The Kier molecular flexibility index (Phi) is 17.5. The second-order valence-electron chi connectivity index (χ2n) is 9.80. The number of benzene rings is 3. The second kappa shape index (κ2) is 19.9. The first-order valence-electron chi connectivity index (χ1n) is 15.4. The molecule has 42 heavy (non-hydrogen) atoms. The van der Waals surface area contributed by atoms with E-state index in [0.29, 0.717) is 17.8 Å². The monoisotopic (exact) mass is 604 g/mol. The van der Waals surface area contributed by atoms with Crippen molar-refractivity contribution in [2.45, 2.75) is 101 Å². The Morgan fingerprint density at radius 3 is 1.57 bits per heavy atom. The molecule has 0 unspecified atom stereocenters. The number of imidazole rings is 1. The molecule has 0 fully saturated rings. The third kappa shape index (κ3) is 11.0. The van der Waals surface area contributed by atoms with Crippen LogP contribution < -0.4 is 0 Å². The van der Waals surface area contributed by atoms with Crippen LogP contribution in [0.4, 0.5) is 0 Å². The molecule has 6 heteroatoms. The molecule has 0 bridgehead atoms. The summed E-state index contributed by atoms with van der Waals surface area (Å²) in [5.74, 6) is 1.78. The van der Waals surface area contributed by atoms with E-state index in [1.54, 1.807) is 29.0 Å². The molecule has 0 spiro atoms. The number of nitrogens with zero attached hydrogens (tertiary/aromatic N) is 3. The first-order chi connectivity index (χ1) is 20.3. The van der Waals surface area contributed by atoms with Crippen LogP contribution in [-0.2, 0) is 0 Å². The largest absolute Gasteiger partial charge is 0.345 e. The zero-order valence-corrected chi connectivity index (χ0v) is 29.5. The summed E-state index contributed by atoms with van der Waals surface area (Å²) in [6.45, 7) is 25.2. The topological polar surface area (TPSA) is 54.5 Å². The van der Waals surface area contributed by atoms with E-state index in [-0.39, 0.29) is 0 Å². The predicted octanol–water partition coefficient (Wildman–Crippen LogP) is 12.6. The molecule has 0 saturated carbocycles. The lowest BCUT2D eigenvalue weighted by Crippen LogP contribution is -1.85. The summed E-state index contributed by atoms with van der Waals surface area (Å²) in [5, 5.41) is 0. The number of thiazole rings is 2. The van der Waals surface area contributed by atoms with Crippen LogP contribution in [0.2, 0.25) is 0 Å². The quantitative estimate of drug-likeness (QED) is 0.219. The lowest BCUT2D eigenvalue weighted by atomic mass is 10.0. The molecule has 1 N–H and O–H groups in total. The van der Waals surface area contributed by atoms with Crippen molar-refractivity contribution >= 4 is 54.1 Å². The minimum atomic E-state index is 0.581. The van der Waals surface area contributed by atoms with Crippen LogP contribution in [0.3, 0.4) is 0 Å². The highest BCUT2D eigenvalue weighted by Crippen LogP contribution is 2.24. The van der Waals surface area contributed by atoms with Crippen molar-refractivity contribution in [1.82, 2.24) is 19.9 Å². The summed E-state index contributed by atoms with van der Waals surface area (Å²) in [6, 6.07) is 19.4. The fourth-order valence-corrected chi connectivity index (χ4v) is 5.16. The maximum absolute atomic E-state index is 4.28. The van der Waals surface area contributed by atoms with Gasteiger partial charge >= 0.3 is 0 Å². The summed E-state index contributed by atoms with van der Waals surface area (Å²) >= 11 is 3.40. The summed E-state index contributed by atoms with van der Waals surface area (Å²) in [4.78, 5) is 15.8. The standard InChI is InChI=1S/C10H12N2.2C10H11NS.3C2H6/c1-7(2)8-3-4-9-10(5-8)12-6-11-9;1-7(2)8-3-4-10-9(5-8)11-6-12-10;1-7(2)8-3-4-9-10(5-8)12-6-11-9;3*1-2/h3-7H,1-2H3,(H,11,12);2*3-7H,1-2H3;3*1-2H3. The molecule has 3 aromatic heterocycles. The number of rotatable bonds is 3. The second-order valence-corrected chi connectivity index (χ2v) is 11.6. The number of fused-ring (bicyclic) bond motifs is 3. The van der Waals surface area contributed by atoms with Crippen molar-refractivity contribution in [2.75, 3.05) is 0 Å². The molecule has 6 aromatic rings. The molecule has 6 rings (SSSR count). The third-order valence-electron chi connectivity index (χ3n) is 6.15. The first-order valence-corrected chi connectivity index (χ1v) is 17.2. The van der Waals surface area contributed by atoms with Crippen LogP contribution in [0.1, 0.15) is 118 Å². The van der Waals surface area contributed by atoms with Crippen molar-refractivity contribution in [3.8, 4) is 0 Å². The van der Waals surface area contributed by atoms with Crippen molar-refractivity contribution in [1.29, 1.82) is 0 Å². The Labute approximate surface area is 262 Å². The molecule has 3 heterocycles. The van der Waals surface area contributed by atoms with Gasteiger partial charge in [-0.05, 0) is 70.8 Å². The van der Waals surface area contributed by atoms with E-state index in [1.807, 2.05) is 52.6 Å². The molecular formula is C36H52N4S2. The number of aromatic amines is 1. The van der Waals surface area contributed by atoms with Crippen LogP contribution in [0.15, 0.2) is 71.9 Å². The number of H-pyrrole nitrogens is 1. The van der Waals surface area contributed by atoms with Crippen LogP contribution in [0, 0.1) is 0 Å². The molecule has 0 aliphatic heterocycles. The van der Waals surface area contributed by atoms with Crippen molar-refractivity contribution in [2.24, 2.45) is 0 Å². The fraction of sp³-hybridized carbons (Fsp3) is 0.417. The molecule has 3 aromatic carbocycles. The molecule has 4 nitrogen and oxygen atoms in total. The summed E-state index contributed by atoms with van der Waals surface area (Å²) in [5.41, 5.74) is 12.3. The van der Waals surface area contributed by atoms with Gasteiger partial charge < -0.3 is 4.98 Å². The maximum atomic E-state index is 4.28. The lowest BCUT2D eigenvalue weighted by molar-refractivity contribution is 0.868. The van der Waals surface area contributed by atoms with Crippen molar-refractivity contribution in [3.05, 3.63) is 88.6 Å². The van der Waals surface area contributed by atoms with Gasteiger partial charge in [0, 0.05) is 0 Å². The fourth-order valence-electron chi connectivity index (χ4n) is 3.78. The average Bonchev–Trinajstić information content (AvgIpc) is 3.80. The summed E-state index contributed by atoms with van der Waals surface area (Å²) in [6.07, 6.45) is 1.73. The van der Waals surface area contributed by atoms with E-state index in [0.717, 1.165) is 22.1 Å². The number of hydrogen-bond acceptors (Lipinski definition) is 5. The highest BCUT2D eigenvalue weighted by Gasteiger charge is 2.03. The van der Waals surface area contributed by atoms with Gasteiger partial charge in [-0.2, -0.15) is 0 Å². The third-order valence-corrected chi connectivity index (χ3v) is 7.76. The minimum Gasteiger partial charge on any atom is -0.345 e. The predicted molar refractivity (Wildman–Crippen MR) is 192 cm³/mol. The Morgan fingerprint density at radius 2 is 0.976 bits per heavy atom. The zero-order chi connectivity index (χ0) is 31.7. The van der Waals surface area contributed by atoms with Gasteiger partial charge in [0.15, 0.2) is 0 Å². The molecule has 228 valence electrons. The van der Waals surface area contributed by atoms with Crippen molar-refractivity contribution in [3.63, 3.8) is 0 Å². The van der Waals surface area contributed by atoms with E-state index < -0.39 is 0 Å². The average molecular weight is 605 g/mol. The summed E-state index contributed by atoms with van der Waals surface area (Å²) < 4.78 is 2.57. The Bertz CT molecular complexity index is 1350. The van der Waals surface area contributed by atoms with Crippen molar-refractivity contribution < 1.29 is 0 Å². The molecular weight excluding hydrogens is 553 g/mol. The van der Waals surface area contributed by atoms with Crippen LogP contribution in [-0.4, -0.2) is 19.9 Å².